The van der Waals surface area contributed by atoms with E-state index in [2.05, 4.69) is 11.8 Å². The highest BCUT2D eigenvalue weighted by molar-refractivity contribution is 5.56. The van der Waals surface area contributed by atoms with Crippen LogP contribution in [-0.2, 0) is 0 Å². The fourth-order valence-corrected chi connectivity index (χ4v) is 2.07. The van der Waals surface area contributed by atoms with E-state index >= 15 is 0 Å². The van der Waals surface area contributed by atoms with Crippen molar-refractivity contribution >= 4 is 5.69 Å². The first-order valence-corrected chi connectivity index (χ1v) is 6.66. The average Bonchev–Trinajstić information content (AvgIpc) is 2.32. The van der Waals surface area contributed by atoms with Gasteiger partial charge in [0.2, 0.25) is 0 Å². The Morgan fingerprint density at radius 3 is 2.56 bits per heavy atom. The van der Waals surface area contributed by atoms with E-state index in [1.807, 2.05) is 13.1 Å². The van der Waals surface area contributed by atoms with Gasteiger partial charge < -0.3 is 10.0 Å². The average molecular weight is 253 g/mol. The van der Waals surface area contributed by atoms with Crippen molar-refractivity contribution in [3.05, 3.63) is 29.1 Å². The van der Waals surface area contributed by atoms with Gasteiger partial charge in [0.15, 0.2) is 0 Å². The van der Waals surface area contributed by atoms with Crippen LogP contribution in [0.5, 0.6) is 0 Å². The number of halogens is 1. The highest BCUT2D eigenvalue weighted by Gasteiger charge is 2.14. The molecule has 18 heavy (non-hydrogen) atoms. The summed E-state index contributed by atoms with van der Waals surface area (Å²) in [7, 11) is 1.99. The summed E-state index contributed by atoms with van der Waals surface area (Å²) < 4.78 is 13.6. The molecular formula is C15H24FNO. The summed E-state index contributed by atoms with van der Waals surface area (Å²) in [6.07, 6.45) is 2.83. The van der Waals surface area contributed by atoms with E-state index in [0.717, 1.165) is 18.7 Å². The monoisotopic (exact) mass is 253 g/mol. The summed E-state index contributed by atoms with van der Waals surface area (Å²) in [5.74, 6) is -0.253. The summed E-state index contributed by atoms with van der Waals surface area (Å²) in [5, 5.41) is 9.75. The van der Waals surface area contributed by atoms with Gasteiger partial charge in [-0.3, -0.25) is 0 Å². The van der Waals surface area contributed by atoms with Crippen LogP contribution in [0.4, 0.5) is 10.1 Å². The van der Waals surface area contributed by atoms with Gasteiger partial charge >= 0.3 is 0 Å². The number of anilines is 1. The molecule has 0 fully saturated rings. The van der Waals surface area contributed by atoms with Gasteiger partial charge in [-0.15, -0.1) is 0 Å². The maximum absolute atomic E-state index is 13.6. The molecule has 0 heterocycles. The Kier molecular flexibility index (Phi) is 5.60. The molecule has 0 aliphatic heterocycles. The number of aliphatic hydroxyl groups excluding tert-OH is 1. The van der Waals surface area contributed by atoms with Crippen LogP contribution in [0.1, 0.15) is 50.3 Å². The molecule has 0 saturated heterocycles. The lowest BCUT2D eigenvalue weighted by Crippen LogP contribution is -2.21. The molecular weight excluding hydrogens is 229 g/mol. The Labute approximate surface area is 109 Å². The predicted octanol–water partition coefficient (Wildman–Crippen LogP) is 3.81. The van der Waals surface area contributed by atoms with Gasteiger partial charge in [-0.05, 0) is 38.0 Å². The highest BCUT2D eigenvalue weighted by atomic mass is 19.1. The Bertz CT molecular complexity index is 390. The molecule has 0 amide bonds. The third-order valence-electron chi connectivity index (χ3n) is 3.27. The standard InChI is InChI=1S/C15H24FNO/c1-5-6-7-8-17(4)15-9-11(2)14(16)10-13(15)12(3)18/h9-10,12,18H,5-8H2,1-4H3. The van der Waals surface area contributed by atoms with Crippen LogP contribution in [0.25, 0.3) is 0 Å². The van der Waals surface area contributed by atoms with Crippen LogP contribution in [-0.4, -0.2) is 18.7 Å². The second kappa shape index (κ2) is 6.74. The lowest BCUT2D eigenvalue weighted by molar-refractivity contribution is 0.199. The molecule has 1 N–H and O–H groups in total. The van der Waals surface area contributed by atoms with E-state index in [1.54, 1.807) is 13.8 Å². The summed E-state index contributed by atoms with van der Waals surface area (Å²) >= 11 is 0. The van der Waals surface area contributed by atoms with E-state index in [1.165, 1.54) is 18.9 Å². The zero-order chi connectivity index (χ0) is 13.7. The second-order valence-corrected chi connectivity index (χ2v) is 4.96. The number of unbranched alkanes of at least 4 members (excludes halogenated alkanes) is 2. The first-order chi connectivity index (χ1) is 8.47. The van der Waals surface area contributed by atoms with Crippen LogP contribution in [0.3, 0.4) is 0 Å². The van der Waals surface area contributed by atoms with Gasteiger partial charge in [0.1, 0.15) is 5.82 Å². The van der Waals surface area contributed by atoms with Crippen molar-refractivity contribution in [1.29, 1.82) is 0 Å². The summed E-state index contributed by atoms with van der Waals surface area (Å²) in [5.41, 5.74) is 2.22. The molecule has 1 unspecified atom stereocenters. The second-order valence-electron chi connectivity index (χ2n) is 4.96. The number of hydrogen-bond acceptors (Lipinski definition) is 2. The lowest BCUT2D eigenvalue weighted by atomic mass is 10.0. The fraction of sp³-hybridized carbons (Fsp3) is 0.600. The molecule has 0 saturated carbocycles. The quantitative estimate of drug-likeness (QED) is 0.779. The van der Waals surface area contributed by atoms with Crippen molar-refractivity contribution in [1.82, 2.24) is 0 Å². The zero-order valence-electron chi connectivity index (χ0n) is 11.8. The fourth-order valence-electron chi connectivity index (χ4n) is 2.07. The van der Waals surface area contributed by atoms with E-state index in [0.29, 0.717) is 11.1 Å². The Hall–Kier alpha value is -1.09. The molecule has 0 radical (unpaired) electrons. The number of rotatable bonds is 6. The molecule has 0 aliphatic rings. The molecule has 1 atom stereocenters. The number of benzene rings is 1. The van der Waals surface area contributed by atoms with Gasteiger partial charge in [0.25, 0.3) is 0 Å². The lowest BCUT2D eigenvalue weighted by Gasteiger charge is -2.24. The maximum Gasteiger partial charge on any atom is 0.126 e. The molecule has 102 valence electrons. The van der Waals surface area contributed by atoms with E-state index in [9.17, 15) is 9.50 Å². The number of hydrogen-bond donors (Lipinski definition) is 1. The first-order valence-electron chi connectivity index (χ1n) is 6.66. The van der Waals surface area contributed by atoms with Crippen LogP contribution in [0.2, 0.25) is 0 Å². The molecule has 0 spiro atoms. The molecule has 1 aromatic rings. The van der Waals surface area contributed by atoms with E-state index in [4.69, 9.17) is 0 Å². The summed E-state index contributed by atoms with van der Waals surface area (Å²) in [6.45, 7) is 6.53. The number of nitrogens with zero attached hydrogens (tertiary/aromatic N) is 1. The maximum atomic E-state index is 13.6. The third kappa shape index (κ3) is 3.70. The summed E-state index contributed by atoms with van der Waals surface area (Å²) in [6, 6.07) is 3.27. The van der Waals surface area contributed by atoms with Crippen molar-refractivity contribution in [2.75, 3.05) is 18.5 Å². The van der Waals surface area contributed by atoms with E-state index in [-0.39, 0.29) is 5.82 Å². The van der Waals surface area contributed by atoms with Crippen molar-refractivity contribution in [3.8, 4) is 0 Å². The molecule has 3 heteroatoms. The minimum absolute atomic E-state index is 0.253. The SMILES string of the molecule is CCCCCN(C)c1cc(C)c(F)cc1C(C)O. The molecule has 1 aromatic carbocycles. The zero-order valence-corrected chi connectivity index (χ0v) is 11.8. The summed E-state index contributed by atoms with van der Waals surface area (Å²) in [4.78, 5) is 2.10. The van der Waals surface area contributed by atoms with Gasteiger partial charge in [0, 0.05) is 24.8 Å². The topological polar surface area (TPSA) is 23.5 Å². The van der Waals surface area contributed by atoms with Crippen LogP contribution in [0.15, 0.2) is 12.1 Å². The smallest absolute Gasteiger partial charge is 0.126 e. The van der Waals surface area contributed by atoms with Crippen molar-refractivity contribution in [2.24, 2.45) is 0 Å². The predicted molar refractivity (Wildman–Crippen MR) is 74.6 cm³/mol. The Morgan fingerprint density at radius 1 is 1.33 bits per heavy atom. The molecule has 0 aliphatic carbocycles. The van der Waals surface area contributed by atoms with Crippen LogP contribution in [0, 0.1) is 12.7 Å². The molecule has 0 aromatic heterocycles. The largest absolute Gasteiger partial charge is 0.389 e. The van der Waals surface area contributed by atoms with E-state index < -0.39 is 6.10 Å². The Balaban J connectivity index is 2.94. The van der Waals surface area contributed by atoms with Gasteiger partial charge in [-0.1, -0.05) is 19.8 Å². The molecule has 0 bridgehead atoms. The Morgan fingerprint density at radius 2 is 2.00 bits per heavy atom. The van der Waals surface area contributed by atoms with Crippen LogP contribution < -0.4 is 4.90 Å². The highest BCUT2D eigenvalue weighted by Crippen LogP contribution is 2.28. The molecule has 2 nitrogen and oxygen atoms in total. The third-order valence-corrected chi connectivity index (χ3v) is 3.27. The normalized spacial score (nSPS) is 12.6. The first kappa shape index (κ1) is 15.0. The minimum atomic E-state index is -0.649. The van der Waals surface area contributed by atoms with Crippen molar-refractivity contribution in [2.45, 2.75) is 46.1 Å². The van der Waals surface area contributed by atoms with Gasteiger partial charge in [0.05, 0.1) is 6.10 Å². The van der Waals surface area contributed by atoms with Crippen molar-refractivity contribution in [3.63, 3.8) is 0 Å². The van der Waals surface area contributed by atoms with Gasteiger partial charge in [-0.25, -0.2) is 4.39 Å². The number of aliphatic hydroxyl groups is 1. The van der Waals surface area contributed by atoms with Crippen LogP contribution >= 0.6 is 0 Å². The molecule has 1 rings (SSSR count). The van der Waals surface area contributed by atoms with Gasteiger partial charge in [-0.2, -0.15) is 0 Å². The minimum Gasteiger partial charge on any atom is -0.389 e. The van der Waals surface area contributed by atoms with Crippen molar-refractivity contribution < 1.29 is 9.50 Å². The number of aryl methyl sites for hydroxylation is 1.